The molecule has 0 bridgehead atoms. The number of hydrogen-bond acceptors (Lipinski definition) is 5. The third kappa shape index (κ3) is 7.03. The summed E-state index contributed by atoms with van der Waals surface area (Å²) in [6.07, 6.45) is 2.63. The first kappa shape index (κ1) is 28.8. The summed E-state index contributed by atoms with van der Waals surface area (Å²) >= 11 is 7.76. The lowest BCUT2D eigenvalue weighted by Gasteiger charge is -2.53. The molecule has 34 heavy (non-hydrogen) atoms. The summed E-state index contributed by atoms with van der Waals surface area (Å²) in [5, 5.41) is 16.0. The van der Waals surface area contributed by atoms with E-state index in [9.17, 15) is 14.7 Å². The zero-order chi connectivity index (χ0) is 25.7. The Morgan fingerprint density at radius 1 is 1.26 bits per heavy atom. The molecule has 192 valence electrons. The van der Waals surface area contributed by atoms with Crippen LogP contribution in [0.4, 0.5) is 4.79 Å². The summed E-state index contributed by atoms with van der Waals surface area (Å²) < 4.78 is 6.50. The second-order valence-corrected chi connectivity index (χ2v) is 11.9. The third-order valence-corrected chi connectivity index (χ3v) is 6.96. The summed E-state index contributed by atoms with van der Waals surface area (Å²) in [5.41, 5.74) is -0.947. The number of likely N-dealkylation sites (tertiary alicyclic amines) is 1. The number of hydrogen-bond donors (Lipinski definition) is 3. The summed E-state index contributed by atoms with van der Waals surface area (Å²) in [5.74, 6) is 0.327. The van der Waals surface area contributed by atoms with Crippen molar-refractivity contribution in [1.82, 2.24) is 15.5 Å². The average Bonchev–Trinajstić information content (AvgIpc) is 2.74. The number of halogens is 1. The van der Waals surface area contributed by atoms with Crippen LogP contribution in [0.3, 0.4) is 0 Å². The van der Waals surface area contributed by atoms with Gasteiger partial charge in [-0.15, -0.1) is 11.8 Å². The maximum absolute atomic E-state index is 13.5. The first-order valence-corrected chi connectivity index (χ1v) is 13.4. The highest BCUT2D eigenvalue weighted by Gasteiger charge is 2.52. The van der Waals surface area contributed by atoms with E-state index in [1.165, 1.54) is 0 Å². The van der Waals surface area contributed by atoms with E-state index < -0.39 is 28.7 Å². The molecule has 1 saturated heterocycles. The molecule has 2 rings (SSSR count). The second kappa shape index (κ2) is 11.5. The standard InChI is InChI=1S/C25H40ClN3O4S/c1-17(2)20(28-22(31)27-14-24(5,6)32)21(30)29-13-12-25(33-16-34-7,23(3,4)15-29)18-8-10-19(26)11-9-18/h8-11,17,20,32H,12-16H2,1-7H3,(H2,27,28,31). The van der Waals surface area contributed by atoms with Crippen LogP contribution >= 0.6 is 23.4 Å². The third-order valence-electron chi connectivity index (χ3n) is 6.36. The molecule has 0 spiro atoms. The first-order chi connectivity index (χ1) is 15.7. The lowest BCUT2D eigenvalue weighted by atomic mass is 9.66. The van der Waals surface area contributed by atoms with Crippen LogP contribution in [0.25, 0.3) is 0 Å². The molecule has 2 atom stereocenters. The van der Waals surface area contributed by atoms with Crippen LogP contribution in [0.5, 0.6) is 0 Å². The maximum Gasteiger partial charge on any atom is 0.315 e. The number of amides is 3. The molecule has 0 saturated carbocycles. The van der Waals surface area contributed by atoms with E-state index in [1.807, 2.05) is 49.3 Å². The molecule has 1 aliphatic heterocycles. The van der Waals surface area contributed by atoms with Gasteiger partial charge in [-0.25, -0.2) is 4.79 Å². The van der Waals surface area contributed by atoms with Crippen molar-refractivity contribution in [2.45, 2.75) is 65.2 Å². The van der Waals surface area contributed by atoms with Crippen molar-refractivity contribution in [2.24, 2.45) is 11.3 Å². The van der Waals surface area contributed by atoms with Crippen LogP contribution in [0, 0.1) is 11.3 Å². The Morgan fingerprint density at radius 2 is 1.88 bits per heavy atom. The van der Waals surface area contributed by atoms with Crippen molar-refractivity contribution in [3.63, 3.8) is 0 Å². The van der Waals surface area contributed by atoms with Gasteiger partial charge in [0.05, 0.1) is 11.5 Å². The Balaban J connectivity index is 2.22. The van der Waals surface area contributed by atoms with Gasteiger partial charge >= 0.3 is 6.03 Å². The van der Waals surface area contributed by atoms with E-state index in [0.717, 1.165) is 5.56 Å². The Labute approximate surface area is 213 Å². The number of rotatable bonds is 9. The highest BCUT2D eigenvalue weighted by atomic mass is 35.5. The predicted octanol–water partition coefficient (Wildman–Crippen LogP) is 4.23. The fourth-order valence-corrected chi connectivity index (χ4v) is 4.91. The lowest BCUT2D eigenvalue weighted by Crippen LogP contribution is -2.62. The first-order valence-electron chi connectivity index (χ1n) is 11.7. The van der Waals surface area contributed by atoms with Gasteiger partial charge in [-0.1, -0.05) is 51.4 Å². The Kier molecular flexibility index (Phi) is 9.73. The van der Waals surface area contributed by atoms with Crippen molar-refractivity contribution in [1.29, 1.82) is 0 Å². The van der Waals surface area contributed by atoms with Gasteiger partial charge in [0.1, 0.15) is 11.6 Å². The molecule has 3 N–H and O–H groups in total. The Bertz CT molecular complexity index is 842. The van der Waals surface area contributed by atoms with Crippen molar-refractivity contribution in [3.8, 4) is 0 Å². The van der Waals surface area contributed by atoms with Crippen molar-refractivity contribution >= 4 is 35.3 Å². The number of nitrogens with one attached hydrogen (secondary N) is 2. The Morgan fingerprint density at radius 3 is 2.38 bits per heavy atom. The van der Waals surface area contributed by atoms with Gasteiger partial charge in [-0.2, -0.15) is 0 Å². The zero-order valence-electron chi connectivity index (χ0n) is 21.4. The van der Waals surface area contributed by atoms with Gasteiger partial charge in [-0.05, 0) is 50.1 Å². The molecular weight excluding hydrogens is 474 g/mol. The van der Waals surface area contributed by atoms with Crippen LogP contribution in [0.15, 0.2) is 24.3 Å². The molecule has 9 heteroatoms. The molecule has 7 nitrogen and oxygen atoms in total. The molecule has 1 aromatic carbocycles. The molecule has 3 amide bonds. The number of benzene rings is 1. The molecule has 1 heterocycles. The Hall–Kier alpha value is -1.48. The predicted molar refractivity (Wildman–Crippen MR) is 139 cm³/mol. The van der Waals surface area contributed by atoms with Gasteiger partial charge in [-0.3, -0.25) is 4.79 Å². The molecule has 1 aromatic rings. The van der Waals surface area contributed by atoms with Crippen LogP contribution in [0.2, 0.25) is 5.02 Å². The van der Waals surface area contributed by atoms with Gasteiger partial charge in [0.25, 0.3) is 0 Å². The number of aliphatic hydroxyl groups is 1. The zero-order valence-corrected chi connectivity index (χ0v) is 23.0. The fourth-order valence-electron chi connectivity index (χ4n) is 4.47. The minimum Gasteiger partial charge on any atom is -0.389 e. The smallest absolute Gasteiger partial charge is 0.315 e. The largest absolute Gasteiger partial charge is 0.389 e. The van der Waals surface area contributed by atoms with E-state index in [4.69, 9.17) is 16.3 Å². The van der Waals surface area contributed by atoms with Crippen LogP contribution in [-0.2, 0) is 15.1 Å². The van der Waals surface area contributed by atoms with E-state index in [1.54, 1.807) is 25.6 Å². The van der Waals surface area contributed by atoms with Gasteiger partial charge in [0.2, 0.25) is 5.91 Å². The highest BCUT2D eigenvalue weighted by molar-refractivity contribution is 7.98. The van der Waals surface area contributed by atoms with Gasteiger partial charge < -0.3 is 25.4 Å². The number of thioether (sulfide) groups is 1. The maximum atomic E-state index is 13.5. The minimum absolute atomic E-state index is 0.0883. The van der Waals surface area contributed by atoms with Gasteiger partial charge in [0.15, 0.2) is 0 Å². The average molecular weight is 514 g/mol. The van der Waals surface area contributed by atoms with E-state index in [2.05, 4.69) is 24.5 Å². The molecule has 1 fully saturated rings. The number of piperidine rings is 1. The number of urea groups is 1. The van der Waals surface area contributed by atoms with E-state index >= 15 is 0 Å². The quantitative estimate of drug-likeness (QED) is 0.430. The molecule has 0 aliphatic carbocycles. The van der Waals surface area contributed by atoms with E-state index in [-0.39, 0.29) is 18.4 Å². The van der Waals surface area contributed by atoms with Crippen molar-refractivity contribution in [3.05, 3.63) is 34.9 Å². The summed E-state index contributed by atoms with van der Waals surface area (Å²) in [6, 6.07) is 6.62. The van der Waals surface area contributed by atoms with Crippen LogP contribution in [-0.4, -0.2) is 65.4 Å². The lowest BCUT2D eigenvalue weighted by molar-refractivity contribution is -0.168. The fraction of sp³-hybridized carbons (Fsp3) is 0.680. The molecule has 1 aliphatic rings. The van der Waals surface area contributed by atoms with Crippen LogP contribution in [0.1, 0.15) is 53.5 Å². The molecule has 2 unspecified atom stereocenters. The van der Waals surface area contributed by atoms with Crippen LogP contribution < -0.4 is 10.6 Å². The second-order valence-electron chi connectivity index (χ2n) is 10.6. The van der Waals surface area contributed by atoms with Crippen molar-refractivity contribution < 1.29 is 19.4 Å². The summed E-state index contributed by atoms with van der Waals surface area (Å²) in [4.78, 5) is 27.8. The topological polar surface area (TPSA) is 90.9 Å². The number of nitrogens with zero attached hydrogens (tertiary/aromatic N) is 1. The minimum atomic E-state index is -1.03. The van der Waals surface area contributed by atoms with Gasteiger partial charge in [0, 0.05) is 30.1 Å². The SMILES string of the molecule is CSCOC1(c2ccc(Cl)cc2)CCN(C(=O)C(NC(=O)NCC(C)(C)O)C(C)C)CC1(C)C. The molecule has 0 radical (unpaired) electrons. The summed E-state index contributed by atoms with van der Waals surface area (Å²) in [7, 11) is 0. The number of carbonyl (C=O) groups is 2. The highest BCUT2D eigenvalue weighted by Crippen LogP contribution is 2.49. The number of carbonyl (C=O) groups excluding carboxylic acids is 2. The molecular formula is C25H40ClN3O4S. The van der Waals surface area contributed by atoms with Crippen molar-refractivity contribution in [2.75, 3.05) is 31.8 Å². The normalized spacial score (nSPS) is 21.3. The monoisotopic (exact) mass is 513 g/mol. The van der Waals surface area contributed by atoms with E-state index in [0.29, 0.717) is 30.5 Å². The number of ether oxygens (including phenoxy) is 1. The molecule has 0 aromatic heterocycles. The summed E-state index contributed by atoms with van der Waals surface area (Å²) in [6.45, 7) is 12.4.